The van der Waals surface area contributed by atoms with Gasteiger partial charge in [0.1, 0.15) is 5.02 Å². The van der Waals surface area contributed by atoms with Gasteiger partial charge in [0, 0.05) is 25.0 Å². The van der Waals surface area contributed by atoms with Crippen LogP contribution < -0.4 is 5.56 Å². The van der Waals surface area contributed by atoms with Crippen molar-refractivity contribution in [3.63, 3.8) is 0 Å². The Morgan fingerprint density at radius 3 is 2.75 bits per heavy atom. The maximum atomic E-state index is 12.6. The zero-order chi connectivity index (χ0) is 16.6. The Kier molecular flexibility index (Phi) is 4.47. The number of ether oxygens (including phenoxy) is 3. The first-order valence-electron chi connectivity index (χ1n) is 8.55. The highest BCUT2D eigenvalue weighted by atomic mass is 35.5. The summed E-state index contributed by atoms with van der Waals surface area (Å²) in [4.78, 5) is 12.6. The first-order chi connectivity index (χ1) is 11.7. The molecule has 130 valence electrons. The van der Waals surface area contributed by atoms with E-state index < -0.39 is 5.79 Å². The number of hydrogen-bond donors (Lipinski definition) is 0. The van der Waals surface area contributed by atoms with Crippen LogP contribution in [0.2, 0.25) is 5.02 Å². The number of halogens is 1. The van der Waals surface area contributed by atoms with Crippen molar-refractivity contribution in [2.24, 2.45) is 0 Å². The molecule has 0 amide bonds. The quantitative estimate of drug-likeness (QED) is 0.819. The zero-order valence-electron chi connectivity index (χ0n) is 13.5. The van der Waals surface area contributed by atoms with Crippen LogP contribution in [0.4, 0.5) is 0 Å². The van der Waals surface area contributed by atoms with Crippen LogP contribution in [-0.2, 0) is 14.2 Å². The molecular weight excluding hydrogens is 332 g/mol. The van der Waals surface area contributed by atoms with E-state index >= 15 is 0 Å². The predicted octanol–water partition coefficient (Wildman–Crippen LogP) is 2.91. The van der Waals surface area contributed by atoms with Crippen molar-refractivity contribution in [1.82, 2.24) is 9.78 Å². The largest absolute Gasteiger partial charge is 0.356 e. The van der Waals surface area contributed by atoms with Crippen molar-refractivity contribution in [3.05, 3.63) is 33.2 Å². The summed E-state index contributed by atoms with van der Waals surface area (Å²) in [5.41, 5.74) is 1.46. The third kappa shape index (κ3) is 2.92. The van der Waals surface area contributed by atoms with E-state index in [1.165, 1.54) is 4.68 Å². The normalized spacial score (nSPS) is 26.5. The molecule has 1 aliphatic carbocycles. The molecule has 1 atom stereocenters. The Bertz CT molecular complexity index is 703. The Balaban J connectivity index is 1.59. The number of rotatable bonds is 2. The molecule has 1 unspecified atom stereocenters. The molecule has 3 heterocycles. The summed E-state index contributed by atoms with van der Waals surface area (Å²) in [6, 6.07) is 0. The van der Waals surface area contributed by atoms with Crippen LogP contribution in [0.3, 0.4) is 0 Å². The SMILES string of the molecule is O=c1c(Cl)c(C2=CCC3(CC2)OCCO3)cnn1C1CCCCO1. The molecule has 0 saturated carbocycles. The smallest absolute Gasteiger partial charge is 0.288 e. The van der Waals surface area contributed by atoms with E-state index in [1.54, 1.807) is 6.20 Å². The molecule has 0 radical (unpaired) electrons. The molecule has 1 aromatic heterocycles. The van der Waals surface area contributed by atoms with Gasteiger partial charge in [-0.25, -0.2) is 0 Å². The summed E-state index contributed by atoms with van der Waals surface area (Å²) in [5.74, 6) is -0.478. The molecule has 7 heteroatoms. The van der Waals surface area contributed by atoms with Gasteiger partial charge in [-0.1, -0.05) is 17.7 Å². The summed E-state index contributed by atoms with van der Waals surface area (Å²) in [5, 5.41) is 4.54. The molecule has 0 N–H and O–H groups in total. The van der Waals surface area contributed by atoms with Gasteiger partial charge in [-0.3, -0.25) is 4.79 Å². The van der Waals surface area contributed by atoms with E-state index in [0.29, 0.717) is 31.8 Å². The molecule has 24 heavy (non-hydrogen) atoms. The average molecular weight is 353 g/mol. The predicted molar refractivity (Wildman–Crippen MR) is 88.8 cm³/mol. The van der Waals surface area contributed by atoms with Crippen molar-refractivity contribution in [2.75, 3.05) is 19.8 Å². The van der Waals surface area contributed by atoms with Crippen LogP contribution >= 0.6 is 11.6 Å². The minimum atomic E-state index is -0.478. The molecule has 0 aromatic carbocycles. The lowest BCUT2D eigenvalue weighted by Gasteiger charge is -2.31. The minimum absolute atomic E-state index is 0.217. The van der Waals surface area contributed by atoms with Gasteiger partial charge in [0.05, 0.1) is 19.4 Å². The van der Waals surface area contributed by atoms with Gasteiger partial charge in [-0.2, -0.15) is 9.78 Å². The number of aromatic nitrogens is 2. The monoisotopic (exact) mass is 352 g/mol. The zero-order valence-corrected chi connectivity index (χ0v) is 14.3. The second kappa shape index (κ2) is 6.59. The third-order valence-electron chi connectivity index (χ3n) is 4.97. The van der Waals surface area contributed by atoms with E-state index in [1.807, 2.05) is 0 Å². The number of allylic oxidation sites excluding steroid dienone is 1. The summed E-state index contributed by atoms with van der Waals surface area (Å²) >= 11 is 6.37. The second-order valence-corrected chi connectivity index (χ2v) is 6.86. The van der Waals surface area contributed by atoms with Crippen LogP contribution in [0.5, 0.6) is 0 Å². The molecule has 2 aliphatic heterocycles. The molecule has 6 nitrogen and oxygen atoms in total. The molecule has 0 bridgehead atoms. The Hall–Kier alpha value is -1.21. The fourth-order valence-electron chi connectivity index (χ4n) is 3.60. The minimum Gasteiger partial charge on any atom is -0.356 e. The standard InChI is InChI=1S/C17H21ClN2O4/c18-15-13(12-4-6-17(7-5-12)23-9-10-24-17)11-19-20(16(15)21)14-3-1-2-8-22-14/h4,11,14H,1-3,5-10H2. The number of hydrogen-bond acceptors (Lipinski definition) is 5. The average Bonchev–Trinajstić information content (AvgIpc) is 3.07. The van der Waals surface area contributed by atoms with Gasteiger partial charge >= 0.3 is 0 Å². The van der Waals surface area contributed by atoms with Crippen molar-refractivity contribution in [1.29, 1.82) is 0 Å². The Labute approximate surface area is 145 Å². The van der Waals surface area contributed by atoms with Crippen LogP contribution in [0, 0.1) is 0 Å². The van der Waals surface area contributed by atoms with E-state index in [0.717, 1.165) is 37.7 Å². The van der Waals surface area contributed by atoms with Gasteiger partial charge in [0.15, 0.2) is 12.0 Å². The number of nitrogens with zero attached hydrogens (tertiary/aromatic N) is 2. The summed E-state index contributed by atoms with van der Waals surface area (Å²) in [6.45, 7) is 1.94. The van der Waals surface area contributed by atoms with Gasteiger partial charge in [0.25, 0.3) is 5.56 Å². The highest BCUT2D eigenvalue weighted by Gasteiger charge is 2.38. The van der Waals surface area contributed by atoms with E-state index in [4.69, 9.17) is 25.8 Å². The van der Waals surface area contributed by atoms with E-state index in [2.05, 4.69) is 11.2 Å². The maximum absolute atomic E-state index is 12.6. The summed E-state index contributed by atoms with van der Waals surface area (Å²) in [6.07, 6.45) is 8.48. The fraction of sp³-hybridized carbons (Fsp3) is 0.647. The van der Waals surface area contributed by atoms with Crippen molar-refractivity contribution in [3.8, 4) is 0 Å². The molecule has 1 aromatic rings. The molecule has 4 rings (SSSR count). The molecule has 1 spiro atoms. The maximum Gasteiger partial charge on any atom is 0.288 e. The first kappa shape index (κ1) is 16.3. The van der Waals surface area contributed by atoms with Crippen molar-refractivity contribution < 1.29 is 14.2 Å². The molecule has 3 aliphatic rings. The van der Waals surface area contributed by atoms with Gasteiger partial charge in [0.2, 0.25) is 0 Å². The van der Waals surface area contributed by atoms with Crippen LogP contribution in [0.1, 0.15) is 50.3 Å². The second-order valence-electron chi connectivity index (χ2n) is 6.48. The summed E-state index contributed by atoms with van der Waals surface area (Å²) < 4.78 is 18.5. The van der Waals surface area contributed by atoms with Crippen molar-refractivity contribution in [2.45, 2.75) is 50.5 Å². The first-order valence-corrected chi connectivity index (χ1v) is 8.93. The van der Waals surface area contributed by atoms with Gasteiger partial charge in [-0.15, -0.1) is 0 Å². The van der Waals surface area contributed by atoms with E-state index in [9.17, 15) is 4.79 Å². The van der Waals surface area contributed by atoms with Crippen LogP contribution in [0.15, 0.2) is 17.1 Å². The lowest BCUT2D eigenvalue weighted by Crippen LogP contribution is -2.33. The molecule has 2 saturated heterocycles. The molecule has 2 fully saturated rings. The fourth-order valence-corrected chi connectivity index (χ4v) is 3.86. The Morgan fingerprint density at radius 1 is 1.25 bits per heavy atom. The van der Waals surface area contributed by atoms with Crippen LogP contribution in [-0.4, -0.2) is 35.4 Å². The third-order valence-corrected chi connectivity index (χ3v) is 5.33. The lowest BCUT2D eigenvalue weighted by molar-refractivity contribution is -0.159. The lowest BCUT2D eigenvalue weighted by atomic mass is 9.90. The molecular formula is C17H21ClN2O4. The van der Waals surface area contributed by atoms with E-state index in [-0.39, 0.29) is 16.8 Å². The van der Waals surface area contributed by atoms with Gasteiger partial charge < -0.3 is 14.2 Å². The summed E-state index contributed by atoms with van der Waals surface area (Å²) in [7, 11) is 0. The van der Waals surface area contributed by atoms with Crippen LogP contribution in [0.25, 0.3) is 5.57 Å². The van der Waals surface area contributed by atoms with Crippen molar-refractivity contribution >= 4 is 17.2 Å². The topological polar surface area (TPSA) is 62.6 Å². The highest BCUT2D eigenvalue weighted by molar-refractivity contribution is 6.32. The Morgan fingerprint density at radius 2 is 2.08 bits per heavy atom. The van der Waals surface area contributed by atoms with Gasteiger partial charge in [-0.05, 0) is 31.3 Å². The highest BCUT2D eigenvalue weighted by Crippen LogP contribution is 2.39.